The molecule has 98 valence electrons. The van der Waals surface area contributed by atoms with Crippen LogP contribution in [0.4, 0.5) is 4.79 Å². The Hall–Kier alpha value is -0.770. The average Bonchev–Trinajstić information content (AvgIpc) is 2.97. The van der Waals surface area contributed by atoms with Gasteiger partial charge in [0.25, 0.3) is 0 Å². The lowest BCUT2D eigenvalue weighted by atomic mass is 10.2. The molecule has 17 heavy (non-hydrogen) atoms. The normalized spacial score (nSPS) is 25.1. The van der Waals surface area contributed by atoms with Crippen LogP contribution >= 0.6 is 0 Å². The summed E-state index contributed by atoms with van der Waals surface area (Å²) in [6.07, 6.45) is 7.29. The van der Waals surface area contributed by atoms with E-state index in [0.29, 0.717) is 12.1 Å². The molecule has 2 fully saturated rings. The van der Waals surface area contributed by atoms with Gasteiger partial charge in [0.1, 0.15) is 0 Å². The van der Waals surface area contributed by atoms with Crippen molar-refractivity contribution in [1.82, 2.24) is 15.5 Å². The Kier molecular flexibility index (Phi) is 4.66. The maximum atomic E-state index is 12.1. The van der Waals surface area contributed by atoms with E-state index in [1.807, 2.05) is 4.90 Å². The molecule has 0 spiro atoms. The van der Waals surface area contributed by atoms with Crippen molar-refractivity contribution in [3.05, 3.63) is 0 Å². The molecule has 4 nitrogen and oxygen atoms in total. The van der Waals surface area contributed by atoms with E-state index in [-0.39, 0.29) is 6.03 Å². The van der Waals surface area contributed by atoms with Crippen LogP contribution in [0, 0.1) is 0 Å². The molecule has 0 aromatic rings. The third kappa shape index (κ3) is 3.60. The minimum atomic E-state index is 0.133. The fourth-order valence-electron chi connectivity index (χ4n) is 2.87. The van der Waals surface area contributed by atoms with Crippen molar-refractivity contribution in [3.8, 4) is 0 Å². The van der Waals surface area contributed by atoms with Crippen molar-refractivity contribution in [2.75, 3.05) is 19.6 Å². The quantitative estimate of drug-likeness (QED) is 0.784. The highest BCUT2D eigenvalue weighted by atomic mass is 16.2. The molecule has 1 aliphatic carbocycles. The minimum absolute atomic E-state index is 0.133. The number of nitrogens with zero attached hydrogens (tertiary/aromatic N) is 1. The van der Waals surface area contributed by atoms with Gasteiger partial charge in [-0.15, -0.1) is 0 Å². The van der Waals surface area contributed by atoms with E-state index < -0.39 is 0 Å². The van der Waals surface area contributed by atoms with E-state index in [9.17, 15) is 4.79 Å². The highest BCUT2D eigenvalue weighted by Gasteiger charge is 2.23. The zero-order valence-corrected chi connectivity index (χ0v) is 10.9. The van der Waals surface area contributed by atoms with Crippen molar-refractivity contribution in [3.63, 3.8) is 0 Å². The van der Waals surface area contributed by atoms with Crippen LogP contribution in [0.15, 0.2) is 0 Å². The molecule has 1 aliphatic heterocycles. The van der Waals surface area contributed by atoms with Gasteiger partial charge in [-0.1, -0.05) is 12.8 Å². The predicted molar refractivity (Wildman–Crippen MR) is 69.1 cm³/mol. The first-order valence-corrected chi connectivity index (χ1v) is 7.08. The highest BCUT2D eigenvalue weighted by Crippen LogP contribution is 2.18. The number of urea groups is 1. The summed E-state index contributed by atoms with van der Waals surface area (Å²) >= 11 is 0. The molecule has 1 atom stereocenters. The number of hydrogen-bond acceptors (Lipinski definition) is 2. The predicted octanol–water partition coefficient (Wildman–Crippen LogP) is 1.71. The standard InChI is InChI=1S/C13H25N3O/c1-2-16(10-12-8-5-9-14-12)13(17)15-11-6-3-4-7-11/h11-12,14H,2-10H2,1H3,(H,15,17). The van der Waals surface area contributed by atoms with Gasteiger partial charge in [0.05, 0.1) is 0 Å². The second-order valence-corrected chi connectivity index (χ2v) is 5.26. The second kappa shape index (κ2) is 6.24. The average molecular weight is 239 g/mol. The summed E-state index contributed by atoms with van der Waals surface area (Å²) in [4.78, 5) is 14.1. The Morgan fingerprint density at radius 2 is 2.06 bits per heavy atom. The Morgan fingerprint density at radius 3 is 2.65 bits per heavy atom. The Balaban J connectivity index is 1.77. The fourth-order valence-corrected chi connectivity index (χ4v) is 2.87. The summed E-state index contributed by atoms with van der Waals surface area (Å²) in [5.74, 6) is 0. The number of carbonyl (C=O) groups excluding carboxylic acids is 1. The van der Waals surface area contributed by atoms with Gasteiger partial charge in [-0.2, -0.15) is 0 Å². The zero-order valence-electron chi connectivity index (χ0n) is 10.9. The number of rotatable bonds is 4. The Bertz CT molecular complexity index is 245. The van der Waals surface area contributed by atoms with Crippen LogP contribution < -0.4 is 10.6 Å². The topological polar surface area (TPSA) is 44.4 Å². The number of nitrogens with one attached hydrogen (secondary N) is 2. The summed E-state index contributed by atoms with van der Waals surface area (Å²) in [5.41, 5.74) is 0. The van der Waals surface area contributed by atoms with E-state index in [4.69, 9.17) is 0 Å². The molecule has 2 aliphatic rings. The number of hydrogen-bond donors (Lipinski definition) is 2. The summed E-state index contributed by atoms with van der Waals surface area (Å²) in [7, 11) is 0. The summed E-state index contributed by atoms with van der Waals surface area (Å²) in [6, 6.07) is 1.06. The largest absolute Gasteiger partial charge is 0.335 e. The number of likely N-dealkylation sites (N-methyl/N-ethyl adjacent to an activating group) is 1. The highest BCUT2D eigenvalue weighted by molar-refractivity contribution is 5.74. The van der Waals surface area contributed by atoms with Gasteiger partial charge in [-0.3, -0.25) is 0 Å². The lowest BCUT2D eigenvalue weighted by Crippen LogP contribution is -2.48. The molecular weight excluding hydrogens is 214 g/mol. The van der Waals surface area contributed by atoms with E-state index in [2.05, 4.69) is 17.6 Å². The lowest BCUT2D eigenvalue weighted by Gasteiger charge is -2.26. The molecule has 2 amide bonds. The third-order valence-electron chi connectivity index (χ3n) is 3.95. The number of carbonyl (C=O) groups is 1. The first-order chi connectivity index (χ1) is 8.29. The molecule has 2 rings (SSSR count). The van der Waals surface area contributed by atoms with Crippen molar-refractivity contribution in [2.45, 2.75) is 57.5 Å². The van der Waals surface area contributed by atoms with Crippen molar-refractivity contribution in [1.29, 1.82) is 0 Å². The van der Waals surface area contributed by atoms with Crippen LogP contribution in [0.2, 0.25) is 0 Å². The molecule has 0 aromatic heterocycles. The summed E-state index contributed by atoms with van der Waals surface area (Å²) in [6.45, 7) is 4.82. The summed E-state index contributed by atoms with van der Waals surface area (Å²) in [5, 5.41) is 6.61. The van der Waals surface area contributed by atoms with Crippen molar-refractivity contribution >= 4 is 6.03 Å². The zero-order chi connectivity index (χ0) is 12.1. The number of amides is 2. The van der Waals surface area contributed by atoms with Crippen LogP contribution in [-0.4, -0.2) is 42.6 Å². The van der Waals surface area contributed by atoms with E-state index >= 15 is 0 Å². The molecule has 4 heteroatoms. The minimum Gasteiger partial charge on any atom is -0.335 e. The second-order valence-electron chi connectivity index (χ2n) is 5.26. The van der Waals surface area contributed by atoms with Gasteiger partial charge in [-0.25, -0.2) is 4.79 Å². The van der Waals surface area contributed by atoms with Crippen LogP contribution in [-0.2, 0) is 0 Å². The maximum Gasteiger partial charge on any atom is 0.317 e. The van der Waals surface area contributed by atoms with Gasteiger partial charge < -0.3 is 15.5 Å². The molecule has 1 saturated carbocycles. The van der Waals surface area contributed by atoms with Crippen LogP contribution in [0.3, 0.4) is 0 Å². The van der Waals surface area contributed by atoms with Gasteiger partial charge in [-0.05, 0) is 39.2 Å². The maximum absolute atomic E-state index is 12.1. The van der Waals surface area contributed by atoms with Crippen LogP contribution in [0.5, 0.6) is 0 Å². The molecule has 1 heterocycles. The van der Waals surface area contributed by atoms with E-state index in [1.165, 1.54) is 25.7 Å². The van der Waals surface area contributed by atoms with Gasteiger partial charge in [0.15, 0.2) is 0 Å². The fraction of sp³-hybridized carbons (Fsp3) is 0.923. The molecule has 2 N–H and O–H groups in total. The SMILES string of the molecule is CCN(CC1CCCN1)C(=O)NC1CCCC1. The Morgan fingerprint density at radius 1 is 1.29 bits per heavy atom. The molecule has 0 bridgehead atoms. The third-order valence-corrected chi connectivity index (χ3v) is 3.95. The van der Waals surface area contributed by atoms with E-state index in [0.717, 1.165) is 32.5 Å². The smallest absolute Gasteiger partial charge is 0.317 e. The first kappa shape index (κ1) is 12.7. The molecule has 0 aromatic carbocycles. The Labute approximate surface area is 104 Å². The van der Waals surface area contributed by atoms with Crippen molar-refractivity contribution in [2.24, 2.45) is 0 Å². The summed E-state index contributed by atoms with van der Waals surface area (Å²) < 4.78 is 0. The van der Waals surface area contributed by atoms with Gasteiger partial charge in [0.2, 0.25) is 0 Å². The van der Waals surface area contributed by atoms with Crippen molar-refractivity contribution < 1.29 is 4.79 Å². The van der Waals surface area contributed by atoms with Gasteiger partial charge >= 0.3 is 6.03 Å². The molecule has 1 saturated heterocycles. The molecule has 1 unspecified atom stereocenters. The molecular formula is C13H25N3O. The van der Waals surface area contributed by atoms with Gasteiger partial charge in [0, 0.05) is 25.2 Å². The molecule has 0 radical (unpaired) electrons. The lowest BCUT2D eigenvalue weighted by molar-refractivity contribution is 0.191. The van der Waals surface area contributed by atoms with Crippen LogP contribution in [0.1, 0.15) is 45.4 Å². The monoisotopic (exact) mass is 239 g/mol. The van der Waals surface area contributed by atoms with Crippen LogP contribution in [0.25, 0.3) is 0 Å². The first-order valence-electron chi connectivity index (χ1n) is 7.08. The van der Waals surface area contributed by atoms with E-state index in [1.54, 1.807) is 0 Å².